The summed E-state index contributed by atoms with van der Waals surface area (Å²) in [5.74, 6) is 2.60. The van der Waals surface area contributed by atoms with E-state index in [1.165, 1.54) is 32.5 Å². The van der Waals surface area contributed by atoms with Crippen molar-refractivity contribution in [1.29, 1.82) is 0 Å². The standard InChI is InChI=1S/C16H25NO/c1-3-17(4-2)12-14-10-11-15(14)13-18-16-8-6-5-7-9-16/h5-9,14-15H,3-4,10-13H2,1-2H3/t14?,15-/m1/s1. The van der Waals surface area contributed by atoms with Crippen molar-refractivity contribution >= 4 is 0 Å². The fourth-order valence-electron chi connectivity index (χ4n) is 2.63. The minimum absolute atomic E-state index is 0.755. The summed E-state index contributed by atoms with van der Waals surface area (Å²) in [7, 11) is 0. The first-order valence-electron chi connectivity index (χ1n) is 7.23. The smallest absolute Gasteiger partial charge is 0.119 e. The van der Waals surface area contributed by atoms with Gasteiger partial charge in [0, 0.05) is 6.54 Å². The summed E-state index contributed by atoms with van der Waals surface area (Å²) in [5, 5.41) is 0. The molecule has 0 saturated heterocycles. The second-order valence-electron chi connectivity index (χ2n) is 5.21. The van der Waals surface area contributed by atoms with Crippen molar-refractivity contribution in [3.05, 3.63) is 30.3 Å². The van der Waals surface area contributed by atoms with Crippen molar-refractivity contribution < 1.29 is 4.74 Å². The van der Waals surface area contributed by atoms with Gasteiger partial charge in [0.05, 0.1) is 6.61 Å². The average Bonchev–Trinajstić information content (AvgIpc) is 2.40. The zero-order valence-electron chi connectivity index (χ0n) is 11.6. The number of para-hydroxylation sites is 1. The van der Waals surface area contributed by atoms with Crippen LogP contribution in [0, 0.1) is 11.8 Å². The molecule has 0 bridgehead atoms. The fraction of sp³-hybridized carbons (Fsp3) is 0.625. The average molecular weight is 247 g/mol. The summed E-state index contributed by atoms with van der Waals surface area (Å²) >= 11 is 0. The van der Waals surface area contributed by atoms with Gasteiger partial charge < -0.3 is 9.64 Å². The molecule has 0 spiro atoms. The molecule has 2 heteroatoms. The number of hydrogen-bond donors (Lipinski definition) is 0. The highest BCUT2D eigenvalue weighted by Gasteiger charge is 2.32. The van der Waals surface area contributed by atoms with Gasteiger partial charge >= 0.3 is 0 Å². The third-order valence-corrected chi connectivity index (χ3v) is 4.17. The molecule has 1 aliphatic carbocycles. The van der Waals surface area contributed by atoms with E-state index in [1.54, 1.807) is 0 Å². The summed E-state index contributed by atoms with van der Waals surface area (Å²) < 4.78 is 5.87. The first-order chi connectivity index (χ1) is 8.83. The van der Waals surface area contributed by atoms with Gasteiger partial charge in [-0.2, -0.15) is 0 Å². The Kier molecular flexibility index (Phi) is 5.06. The van der Waals surface area contributed by atoms with Crippen molar-refractivity contribution in [3.8, 4) is 5.75 Å². The quantitative estimate of drug-likeness (QED) is 0.732. The van der Waals surface area contributed by atoms with E-state index < -0.39 is 0 Å². The highest BCUT2D eigenvalue weighted by atomic mass is 16.5. The van der Waals surface area contributed by atoms with Gasteiger partial charge in [0.2, 0.25) is 0 Å². The maximum Gasteiger partial charge on any atom is 0.119 e. The summed E-state index contributed by atoms with van der Waals surface area (Å²) in [6.07, 6.45) is 2.71. The SMILES string of the molecule is CCN(CC)CC1CC[C@@H]1COc1ccccc1. The van der Waals surface area contributed by atoms with Crippen molar-refractivity contribution in [3.63, 3.8) is 0 Å². The molecule has 100 valence electrons. The highest BCUT2D eigenvalue weighted by molar-refractivity contribution is 5.20. The van der Waals surface area contributed by atoms with Crippen LogP contribution in [0.5, 0.6) is 5.75 Å². The third-order valence-electron chi connectivity index (χ3n) is 4.17. The van der Waals surface area contributed by atoms with E-state index in [2.05, 4.69) is 18.7 Å². The van der Waals surface area contributed by atoms with Crippen LogP contribution in [0.2, 0.25) is 0 Å². The minimum atomic E-state index is 0.755. The molecule has 0 radical (unpaired) electrons. The minimum Gasteiger partial charge on any atom is -0.493 e. The highest BCUT2D eigenvalue weighted by Crippen LogP contribution is 2.35. The normalized spacial score (nSPS) is 22.8. The molecule has 2 atom stereocenters. The summed E-state index contributed by atoms with van der Waals surface area (Å²) in [4.78, 5) is 2.53. The van der Waals surface area contributed by atoms with Gasteiger partial charge in [-0.1, -0.05) is 32.0 Å². The Balaban J connectivity index is 1.74. The van der Waals surface area contributed by atoms with Crippen LogP contribution in [0.1, 0.15) is 26.7 Å². The van der Waals surface area contributed by atoms with E-state index in [1.807, 2.05) is 30.3 Å². The van der Waals surface area contributed by atoms with E-state index in [-0.39, 0.29) is 0 Å². The topological polar surface area (TPSA) is 12.5 Å². The Morgan fingerprint density at radius 3 is 2.28 bits per heavy atom. The molecular formula is C16H25NO. The lowest BCUT2D eigenvalue weighted by Gasteiger charge is -2.39. The lowest BCUT2D eigenvalue weighted by molar-refractivity contribution is 0.0712. The van der Waals surface area contributed by atoms with Gasteiger partial charge in [-0.05, 0) is 49.9 Å². The van der Waals surface area contributed by atoms with E-state index in [0.717, 1.165) is 24.2 Å². The first kappa shape index (κ1) is 13.4. The molecule has 1 aromatic rings. The zero-order chi connectivity index (χ0) is 12.8. The van der Waals surface area contributed by atoms with Crippen molar-refractivity contribution in [1.82, 2.24) is 4.90 Å². The Labute approximate surface area is 111 Å². The van der Waals surface area contributed by atoms with Crippen LogP contribution in [-0.4, -0.2) is 31.1 Å². The first-order valence-corrected chi connectivity index (χ1v) is 7.23. The monoisotopic (exact) mass is 247 g/mol. The van der Waals surface area contributed by atoms with E-state index >= 15 is 0 Å². The van der Waals surface area contributed by atoms with E-state index in [0.29, 0.717) is 0 Å². The molecule has 18 heavy (non-hydrogen) atoms. The summed E-state index contributed by atoms with van der Waals surface area (Å²) in [6.45, 7) is 8.96. The van der Waals surface area contributed by atoms with Gasteiger partial charge in [0.1, 0.15) is 5.75 Å². The van der Waals surface area contributed by atoms with Crippen LogP contribution < -0.4 is 4.74 Å². The summed E-state index contributed by atoms with van der Waals surface area (Å²) in [6, 6.07) is 10.2. The maximum absolute atomic E-state index is 5.87. The molecular weight excluding hydrogens is 222 g/mol. The molecule has 1 saturated carbocycles. The van der Waals surface area contributed by atoms with Gasteiger partial charge in [-0.15, -0.1) is 0 Å². The molecule has 0 N–H and O–H groups in total. The predicted molar refractivity (Wildman–Crippen MR) is 75.9 cm³/mol. The molecule has 0 aliphatic heterocycles. The number of hydrogen-bond acceptors (Lipinski definition) is 2. The van der Waals surface area contributed by atoms with Crippen molar-refractivity contribution in [2.24, 2.45) is 11.8 Å². The molecule has 1 aliphatic rings. The molecule has 1 fully saturated rings. The largest absolute Gasteiger partial charge is 0.493 e. The van der Waals surface area contributed by atoms with Crippen LogP contribution in [0.25, 0.3) is 0 Å². The molecule has 0 heterocycles. The fourth-order valence-corrected chi connectivity index (χ4v) is 2.63. The van der Waals surface area contributed by atoms with Crippen molar-refractivity contribution in [2.45, 2.75) is 26.7 Å². The zero-order valence-corrected chi connectivity index (χ0v) is 11.6. The Morgan fingerprint density at radius 2 is 1.72 bits per heavy atom. The molecule has 0 aromatic heterocycles. The van der Waals surface area contributed by atoms with E-state index in [4.69, 9.17) is 4.74 Å². The van der Waals surface area contributed by atoms with Gasteiger partial charge in [-0.3, -0.25) is 0 Å². The summed E-state index contributed by atoms with van der Waals surface area (Å²) in [5.41, 5.74) is 0. The van der Waals surface area contributed by atoms with Crippen LogP contribution in [0.15, 0.2) is 30.3 Å². The number of benzene rings is 1. The Bertz CT molecular complexity index is 334. The van der Waals surface area contributed by atoms with Crippen LogP contribution >= 0.6 is 0 Å². The van der Waals surface area contributed by atoms with Crippen LogP contribution in [0.4, 0.5) is 0 Å². The Hall–Kier alpha value is -1.02. The second-order valence-corrected chi connectivity index (χ2v) is 5.21. The lowest BCUT2D eigenvalue weighted by Crippen LogP contribution is -2.40. The maximum atomic E-state index is 5.87. The molecule has 1 unspecified atom stereocenters. The molecule has 0 amide bonds. The number of rotatable bonds is 7. The third kappa shape index (κ3) is 3.49. The molecule has 1 aromatic carbocycles. The second kappa shape index (κ2) is 6.79. The number of nitrogens with zero attached hydrogens (tertiary/aromatic N) is 1. The van der Waals surface area contributed by atoms with E-state index in [9.17, 15) is 0 Å². The lowest BCUT2D eigenvalue weighted by atomic mass is 9.74. The van der Waals surface area contributed by atoms with Gasteiger partial charge in [0.25, 0.3) is 0 Å². The molecule has 2 nitrogen and oxygen atoms in total. The predicted octanol–water partition coefficient (Wildman–Crippen LogP) is 3.43. The van der Waals surface area contributed by atoms with Crippen LogP contribution in [0.3, 0.4) is 0 Å². The van der Waals surface area contributed by atoms with Crippen LogP contribution in [-0.2, 0) is 0 Å². The number of ether oxygens (including phenoxy) is 1. The van der Waals surface area contributed by atoms with Gasteiger partial charge in [-0.25, -0.2) is 0 Å². The molecule has 2 rings (SSSR count). The van der Waals surface area contributed by atoms with Crippen molar-refractivity contribution in [2.75, 3.05) is 26.2 Å². The van der Waals surface area contributed by atoms with Gasteiger partial charge in [0.15, 0.2) is 0 Å². The Morgan fingerprint density at radius 1 is 1.06 bits per heavy atom.